The first kappa shape index (κ1) is 97.1. The highest BCUT2D eigenvalue weighted by Gasteiger charge is 2.30. The maximum Gasteiger partial charge on any atom is 0.472 e. The highest BCUT2D eigenvalue weighted by molar-refractivity contribution is 7.47. The first-order chi connectivity index (χ1) is 47.9. The minimum absolute atomic E-state index is 0.108. The lowest BCUT2D eigenvalue weighted by Gasteiger charge is -2.21. The SMILES string of the molecule is CCCCCCCCCCCCCCC(=O)O[C@H](COC(=O)CCCCCCCCCCCC)COP(=O)(O)OC[C@H](O)COP(=O)(O)OC[C@@H](COC(=O)CCCCCCCCCCCCCCC(C)C)OC(=O)CCCCCCCCCCCCCCCCCCCCC(C)CC. The van der Waals surface area contributed by atoms with Gasteiger partial charge in [-0.05, 0) is 37.5 Å². The largest absolute Gasteiger partial charge is 0.472 e. The van der Waals surface area contributed by atoms with Crippen molar-refractivity contribution in [1.29, 1.82) is 0 Å². The van der Waals surface area contributed by atoms with Gasteiger partial charge in [0.15, 0.2) is 12.2 Å². The van der Waals surface area contributed by atoms with Crippen LogP contribution < -0.4 is 0 Å². The van der Waals surface area contributed by atoms with E-state index < -0.39 is 97.5 Å². The maximum absolute atomic E-state index is 13.1. The molecule has 0 fully saturated rings. The Bertz CT molecular complexity index is 1910. The van der Waals surface area contributed by atoms with E-state index in [4.69, 9.17) is 37.0 Å². The van der Waals surface area contributed by atoms with E-state index in [1.54, 1.807) is 0 Å². The molecule has 99 heavy (non-hydrogen) atoms. The zero-order valence-corrected chi connectivity index (χ0v) is 66.6. The molecule has 17 nitrogen and oxygen atoms in total. The van der Waals surface area contributed by atoms with Crippen LogP contribution in [0.15, 0.2) is 0 Å². The van der Waals surface area contributed by atoms with Crippen molar-refractivity contribution in [2.75, 3.05) is 39.6 Å². The summed E-state index contributed by atoms with van der Waals surface area (Å²) in [5, 5.41) is 10.6. The van der Waals surface area contributed by atoms with E-state index in [0.29, 0.717) is 25.7 Å². The third-order valence-electron chi connectivity index (χ3n) is 19.1. The summed E-state index contributed by atoms with van der Waals surface area (Å²) in [6, 6.07) is 0. The van der Waals surface area contributed by atoms with Crippen molar-refractivity contribution in [3.05, 3.63) is 0 Å². The minimum Gasteiger partial charge on any atom is -0.462 e. The van der Waals surface area contributed by atoms with E-state index in [-0.39, 0.29) is 25.7 Å². The molecule has 0 aliphatic rings. The van der Waals surface area contributed by atoms with Crippen molar-refractivity contribution < 1.29 is 80.2 Å². The van der Waals surface area contributed by atoms with Crippen molar-refractivity contribution in [2.24, 2.45) is 11.8 Å². The molecule has 0 heterocycles. The van der Waals surface area contributed by atoms with Crippen LogP contribution in [0, 0.1) is 11.8 Å². The molecule has 0 aromatic heterocycles. The van der Waals surface area contributed by atoms with Crippen LogP contribution in [0.3, 0.4) is 0 Å². The number of ether oxygens (including phenoxy) is 4. The summed E-state index contributed by atoms with van der Waals surface area (Å²) in [5.74, 6) is -0.457. The van der Waals surface area contributed by atoms with E-state index >= 15 is 0 Å². The van der Waals surface area contributed by atoms with Crippen molar-refractivity contribution in [3.8, 4) is 0 Å². The fourth-order valence-electron chi connectivity index (χ4n) is 12.3. The third-order valence-corrected chi connectivity index (χ3v) is 21.0. The van der Waals surface area contributed by atoms with Crippen LogP contribution >= 0.6 is 15.6 Å². The molecule has 3 N–H and O–H groups in total. The monoisotopic (exact) mass is 1450 g/mol. The zero-order valence-electron chi connectivity index (χ0n) is 64.8. The van der Waals surface area contributed by atoms with E-state index in [0.717, 1.165) is 102 Å². The molecule has 588 valence electrons. The Hall–Kier alpha value is -1.94. The molecule has 0 bridgehead atoms. The second-order valence-corrected chi connectivity index (χ2v) is 32.4. The lowest BCUT2D eigenvalue weighted by atomic mass is 9.99. The fourth-order valence-corrected chi connectivity index (χ4v) is 13.9. The Labute approximate surface area is 607 Å². The lowest BCUT2D eigenvalue weighted by Crippen LogP contribution is -2.30. The molecule has 19 heteroatoms. The van der Waals surface area contributed by atoms with Gasteiger partial charge in [-0.25, -0.2) is 9.13 Å². The van der Waals surface area contributed by atoms with Gasteiger partial charge in [-0.1, -0.05) is 369 Å². The second-order valence-electron chi connectivity index (χ2n) is 29.5. The van der Waals surface area contributed by atoms with Crippen molar-refractivity contribution >= 4 is 39.5 Å². The predicted molar refractivity (Wildman–Crippen MR) is 405 cm³/mol. The molecular formula is C80H156O17P2. The van der Waals surface area contributed by atoms with Gasteiger partial charge in [-0.15, -0.1) is 0 Å². The van der Waals surface area contributed by atoms with Crippen molar-refractivity contribution in [2.45, 2.75) is 439 Å². The molecule has 0 rings (SSSR count). The van der Waals surface area contributed by atoms with Crippen molar-refractivity contribution in [3.63, 3.8) is 0 Å². The fraction of sp³-hybridized carbons (Fsp3) is 0.950. The van der Waals surface area contributed by atoms with Gasteiger partial charge in [0.1, 0.15) is 19.3 Å². The second kappa shape index (κ2) is 71.7. The summed E-state index contributed by atoms with van der Waals surface area (Å²) in [6.07, 6.45) is 60.9. The number of esters is 4. The van der Waals surface area contributed by atoms with Gasteiger partial charge >= 0.3 is 39.5 Å². The van der Waals surface area contributed by atoms with E-state index in [1.807, 2.05) is 0 Å². The Morgan fingerprint density at radius 1 is 0.293 bits per heavy atom. The first-order valence-electron chi connectivity index (χ1n) is 41.5. The molecule has 6 atom stereocenters. The quantitative estimate of drug-likeness (QED) is 0.0222. The number of hydrogen-bond donors (Lipinski definition) is 3. The Balaban J connectivity index is 5.20. The van der Waals surface area contributed by atoms with Crippen LogP contribution in [0.1, 0.15) is 420 Å². The standard InChI is InChI=1S/C80H156O17P2/c1-7-10-12-14-16-18-20-33-40-46-52-58-64-79(84)96-75(68-90-77(82)62-56-50-44-38-19-17-15-13-11-8-2)70-94-98(86,87)92-66-74(81)67-93-99(88,89)95-71-76(69-91-78(83)63-57-51-45-39-34-30-29-31-36-42-48-54-60-72(4)5)97-80(85)65-59-53-47-41-35-28-26-24-22-21-23-25-27-32-37-43-49-55-61-73(6)9-3/h72-76,81H,7-71H2,1-6H3,(H,86,87)(H,88,89)/t73?,74-,75+,76+/m0/s1. The molecule has 0 radical (unpaired) electrons. The smallest absolute Gasteiger partial charge is 0.462 e. The topological polar surface area (TPSA) is 237 Å². The summed E-state index contributed by atoms with van der Waals surface area (Å²) in [4.78, 5) is 72.9. The normalized spacial score (nSPS) is 14.2. The summed E-state index contributed by atoms with van der Waals surface area (Å²) in [7, 11) is -9.91. The van der Waals surface area contributed by atoms with Gasteiger partial charge in [0.05, 0.1) is 26.4 Å². The highest BCUT2D eigenvalue weighted by atomic mass is 31.2. The third kappa shape index (κ3) is 72.8. The average Bonchev–Trinajstić information content (AvgIpc) is 0.965. The number of rotatable bonds is 79. The van der Waals surface area contributed by atoms with Gasteiger partial charge in [0, 0.05) is 25.7 Å². The van der Waals surface area contributed by atoms with Crippen LogP contribution in [-0.2, 0) is 65.4 Å². The Morgan fingerprint density at radius 2 is 0.515 bits per heavy atom. The summed E-state index contributed by atoms with van der Waals surface area (Å²) in [5.41, 5.74) is 0. The summed E-state index contributed by atoms with van der Waals surface area (Å²) >= 11 is 0. The Morgan fingerprint density at radius 3 is 0.768 bits per heavy atom. The zero-order chi connectivity index (χ0) is 72.8. The number of carbonyl (C=O) groups is 4. The molecule has 0 amide bonds. The number of hydrogen-bond acceptors (Lipinski definition) is 15. The maximum atomic E-state index is 13.1. The first-order valence-corrected chi connectivity index (χ1v) is 44.5. The number of unbranched alkanes of at least 4 members (excludes halogenated alkanes) is 48. The van der Waals surface area contributed by atoms with Gasteiger partial charge in [-0.2, -0.15) is 0 Å². The van der Waals surface area contributed by atoms with Crippen LogP contribution in [0.25, 0.3) is 0 Å². The van der Waals surface area contributed by atoms with Crippen LogP contribution in [-0.4, -0.2) is 96.7 Å². The number of carbonyl (C=O) groups excluding carboxylic acids is 4. The van der Waals surface area contributed by atoms with Gasteiger partial charge in [-0.3, -0.25) is 37.3 Å². The molecule has 0 aromatic carbocycles. The summed E-state index contributed by atoms with van der Waals surface area (Å²) in [6.45, 7) is 9.70. The molecule has 0 saturated carbocycles. The molecule has 0 saturated heterocycles. The van der Waals surface area contributed by atoms with Crippen LogP contribution in [0.2, 0.25) is 0 Å². The lowest BCUT2D eigenvalue weighted by molar-refractivity contribution is -0.161. The molecular weight excluding hydrogens is 1290 g/mol. The number of phosphoric acid groups is 2. The summed E-state index contributed by atoms with van der Waals surface area (Å²) < 4.78 is 68.6. The number of aliphatic hydroxyl groups excluding tert-OH is 1. The minimum atomic E-state index is -4.96. The van der Waals surface area contributed by atoms with Crippen molar-refractivity contribution in [1.82, 2.24) is 0 Å². The number of aliphatic hydroxyl groups is 1. The van der Waals surface area contributed by atoms with E-state index in [9.17, 15) is 43.2 Å². The molecule has 0 aliphatic carbocycles. The Kier molecular flexibility index (Phi) is 70.3. The molecule has 0 aliphatic heterocycles. The predicted octanol–water partition coefficient (Wildman–Crippen LogP) is 23.9. The van der Waals surface area contributed by atoms with Gasteiger partial charge < -0.3 is 33.8 Å². The van der Waals surface area contributed by atoms with Crippen LogP contribution in [0.4, 0.5) is 0 Å². The van der Waals surface area contributed by atoms with E-state index in [2.05, 4.69) is 41.5 Å². The molecule has 3 unspecified atom stereocenters. The number of phosphoric ester groups is 2. The average molecular weight is 1450 g/mol. The molecule has 0 spiro atoms. The molecule has 0 aromatic rings. The van der Waals surface area contributed by atoms with Gasteiger partial charge in [0.2, 0.25) is 0 Å². The highest BCUT2D eigenvalue weighted by Crippen LogP contribution is 2.45. The van der Waals surface area contributed by atoms with Crippen LogP contribution in [0.5, 0.6) is 0 Å². The van der Waals surface area contributed by atoms with E-state index in [1.165, 1.54) is 238 Å². The van der Waals surface area contributed by atoms with Gasteiger partial charge in [0.25, 0.3) is 0 Å².